The largest absolute Gasteiger partial charge is 0.462 e. The van der Waals surface area contributed by atoms with Crippen LogP contribution in [-0.4, -0.2) is 19.0 Å². The number of nitrogens with one attached hydrogen (secondary N) is 1. The number of hydrogen-bond donors (Lipinski definition) is 1. The molecule has 2 aromatic rings. The maximum absolute atomic E-state index is 11.6. The molecule has 20 heavy (non-hydrogen) atoms. The smallest absolute Gasteiger partial charge is 0.396 e. The summed E-state index contributed by atoms with van der Waals surface area (Å²) in [6.45, 7) is 0. The lowest BCUT2D eigenvalue weighted by atomic mass is 10.0. The highest BCUT2D eigenvalue weighted by Crippen LogP contribution is 2.19. The first-order valence-electron chi connectivity index (χ1n) is 6.22. The van der Waals surface area contributed by atoms with Crippen molar-refractivity contribution < 1.29 is 14.3 Å². The molecule has 4 heteroatoms. The van der Waals surface area contributed by atoms with Crippen LogP contribution in [0.1, 0.15) is 11.1 Å². The maximum Gasteiger partial charge on any atom is 0.396 e. The standard InChI is InChI=1S/C16H15NO3/c1-20-16(19)15(18)17-14-10-6-5-9-13(14)11-12-7-3-2-4-8-12/h2-10H,11H2,1H3,(H,17,18). The molecule has 0 saturated carbocycles. The van der Waals surface area contributed by atoms with E-state index in [1.165, 1.54) is 7.11 Å². The van der Waals surface area contributed by atoms with Crippen LogP contribution in [0.4, 0.5) is 5.69 Å². The van der Waals surface area contributed by atoms with Gasteiger partial charge in [-0.15, -0.1) is 0 Å². The molecule has 0 unspecified atom stereocenters. The monoisotopic (exact) mass is 269 g/mol. The van der Waals surface area contributed by atoms with Gasteiger partial charge in [-0.25, -0.2) is 4.79 Å². The normalized spacial score (nSPS) is 9.85. The number of benzene rings is 2. The summed E-state index contributed by atoms with van der Waals surface area (Å²) < 4.78 is 4.39. The van der Waals surface area contributed by atoms with Gasteiger partial charge in [0.15, 0.2) is 0 Å². The number of carbonyl (C=O) groups excluding carboxylic acids is 2. The molecule has 1 amide bonds. The molecule has 0 fully saturated rings. The molecule has 1 N–H and O–H groups in total. The van der Waals surface area contributed by atoms with E-state index >= 15 is 0 Å². The zero-order valence-electron chi connectivity index (χ0n) is 11.1. The molecule has 0 aliphatic heterocycles. The van der Waals surface area contributed by atoms with E-state index in [-0.39, 0.29) is 0 Å². The number of ether oxygens (including phenoxy) is 1. The highest BCUT2D eigenvalue weighted by molar-refractivity contribution is 6.37. The first-order valence-corrected chi connectivity index (χ1v) is 6.22. The molecule has 0 heterocycles. The van der Waals surface area contributed by atoms with Gasteiger partial charge in [0.1, 0.15) is 0 Å². The Morgan fingerprint density at radius 1 is 1.00 bits per heavy atom. The lowest BCUT2D eigenvalue weighted by Crippen LogP contribution is -2.24. The zero-order chi connectivity index (χ0) is 14.4. The Hall–Kier alpha value is -2.62. The van der Waals surface area contributed by atoms with Gasteiger partial charge in [0.05, 0.1) is 7.11 Å². The number of hydrogen-bond acceptors (Lipinski definition) is 3. The van der Waals surface area contributed by atoms with Crippen molar-refractivity contribution in [1.82, 2.24) is 0 Å². The van der Waals surface area contributed by atoms with Crippen molar-refractivity contribution in [3.8, 4) is 0 Å². The van der Waals surface area contributed by atoms with Crippen molar-refractivity contribution in [2.45, 2.75) is 6.42 Å². The summed E-state index contributed by atoms with van der Waals surface area (Å²) in [4.78, 5) is 22.7. The fourth-order valence-electron chi connectivity index (χ4n) is 1.88. The van der Waals surface area contributed by atoms with E-state index in [2.05, 4.69) is 10.1 Å². The number of amides is 1. The van der Waals surface area contributed by atoms with Crippen LogP contribution in [0.25, 0.3) is 0 Å². The SMILES string of the molecule is COC(=O)C(=O)Nc1ccccc1Cc1ccccc1. The average Bonchev–Trinajstić information content (AvgIpc) is 2.49. The lowest BCUT2D eigenvalue weighted by Gasteiger charge is -2.10. The highest BCUT2D eigenvalue weighted by atomic mass is 16.5. The van der Waals surface area contributed by atoms with Crippen molar-refractivity contribution >= 4 is 17.6 Å². The average molecular weight is 269 g/mol. The fourth-order valence-corrected chi connectivity index (χ4v) is 1.88. The summed E-state index contributed by atoms with van der Waals surface area (Å²) in [5, 5.41) is 2.57. The zero-order valence-corrected chi connectivity index (χ0v) is 11.1. The van der Waals surface area contributed by atoms with Crippen molar-refractivity contribution in [2.75, 3.05) is 12.4 Å². The van der Waals surface area contributed by atoms with E-state index in [0.717, 1.165) is 11.1 Å². The van der Waals surface area contributed by atoms with E-state index in [1.54, 1.807) is 12.1 Å². The number of methoxy groups -OCH3 is 1. The molecule has 2 aromatic carbocycles. The van der Waals surface area contributed by atoms with E-state index in [0.29, 0.717) is 12.1 Å². The molecule has 4 nitrogen and oxygen atoms in total. The van der Waals surface area contributed by atoms with Gasteiger partial charge in [-0.2, -0.15) is 0 Å². The lowest BCUT2D eigenvalue weighted by molar-refractivity contribution is -0.150. The Morgan fingerprint density at radius 3 is 2.35 bits per heavy atom. The number of rotatable bonds is 3. The quantitative estimate of drug-likeness (QED) is 0.687. The number of esters is 1. The highest BCUT2D eigenvalue weighted by Gasteiger charge is 2.15. The van der Waals surface area contributed by atoms with E-state index in [9.17, 15) is 9.59 Å². The Labute approximate surface area is 117 Å². The minimum Gasteiger partial charge on any atom is -0.462 e. The molecule has 0 aliphatic carbocycles. The van der Waals surface area contributed by atoms with Crippen LogP contribution in [-0.2, 0) is 20.7 Å². The summed E-state index contributed by atoms with van der Waals surface area (Å²) in [5.41, 5.74) is 2.69. The summed E-state index contributed by atoms with van der Waals surface area (Å²) in [6.07, 6.45) is 0.679. The first-order chi connectivity index (χ1) is 9.70. The summed E-state index contributed by atoms with van der Waals surface area (Å²) in [6, 6.07) is 17.3. The van der Waals surface area contributed by atoms with Crippen molar-refractivity contribution in [3.05, 3.63) is 65.7 Å². The Kier molecular flexibility index (Phi) is 4.50. The molecule has 2 rings (SSSR count). The molecule has 102 valence electrons. The van der Waals surface area contributed by atoms with Crippen LogP contribution in [0.2, 0.25) is 0 Å². The second-order valence-corrected chi connectivity index (χ2v) is 4.27. The second kappa shape index (κ2) is 6.52. The van der Waals surface area contributed by atoms with Crippen LogP contribution in [0, 0.1) is 0 Å². The minimum absolute atomic E-state index is 0.617. The van der Waals surface area contributed by atoms with Crippen LogP contribution in [0.3, 0.4) is 0 Å². The predicted molar refractivity (Wildman–Crippen MR) is 76.3 cm³/mol. The van der Waals surface area contributed by atoms with Gasteiger partial charge in [0.25, 0.3) is 0 Å². The van der Waals surface area contributed by atoms with E-state index < -0.39 is 11.9 Å². The van der Waals surface area contributed by atoms with Crippen molar-refractivity contribution in [3.63, 3.8) is 0 Å². The molecule has 0 radical (unpaired) electrons. The summed E-state index contributed by atoms with van der Waals surface area (Å²) >= 11 is 0. The Bertz CT molecular complexity index is 608. The van der Waals surface area contributed by atoms with Crippen molar-refractivity contribution in [1.29, 1.82) is 0 Å². The topological polar surface area (TPSA) is 55.4 Å². The van der Waals surface area contributed by atoms with Crippen LogP contribution >= 0.6 is 0 Å². The van der Waals surface area contributed by atoms with Gasteiger partial charge >= 0.3 is 11.9 Å². The third kappa shape index (κ3) is 3.45. The van der Waals surface area contributed by atoms with Crippen LogP contribution < -0.4 is 5.32 Å². The van der Waals surface area contributed by atoms with Gasteiger partial charge < -0.3 is 10.1 Å². The van der Waals surface area contributed by atoms with E-state index in [4.69, 9.17) is 0 Å². The molecule has 0 spiro atoms. The van der Waals surface area contributed by atoms with Crippen LogP contribution in [0.15, 0.2) is 54.6 Å². The van der Waals surface area contributed by atoms with Gasteiger partial charge in [0.2, 0.25) is 0 Å². The molecule has 0 aliphatic rings. The molecule has 0 aromatic heterocycles. The van der Waals surface area contributed by atoms with E-state index in [1.807, 2.05) is 42.5 Å². The third-order valence-corrected chi connectivity index (χ3v) is 2.87. The van der Waals surface area contributed by atoms with Gasteiger partial charge in [0, 0.05) is 5.69 Å². The third-order valence-electron chi connectivity index (χ3n) is 2.87. The number of para-hydroxylation sites is 1. The van der Waals surface area contributed by atoms with Gasteiger partial charge in [-0.1, -0.05) is 48.5 Å². The number of carbonyl (C=O) groups is 2. The van der Waals surface area contributed by atoms with Gasteiger partial charge in [-0.05, 0) is 23.6 Å². The molecule has 0 saturated heterocycles. The number of anilines is 1. The molecule has 0 bridgehead atoms. The predicted octanol–water partition coefficient (Wildman–Crippen LogP) is 2.39. The van der Waals surface area contributed by atoms with Gasteiger partial charge in [-0.3, -0.25) is 4.79 Å². The van der Waals surface area contributed by atoms with Crippen LogP contribution in [0.5, 0.6) is 0 Å². The second-order valence-electron chi connectivity index (χ2n) is 4.27. The molecule has 0 atom stereocenters. The summed E-state index contributed by atoms with van der Waals surface area (Å²) in [5.74, 6) is -1.67. The molecular weight excluding hydrogens is 254 g/mol. The van der Waals surface area contributed by atoms with Crippen molar-refractivity contribution in [2.24, 2.45) is 0 Å². The Morgan fingerprint density at radius 2 is 1.65 bits per heavy atom. The molecular formula is C16H15NO3. The Balaban J connectivity index is 2.18. The minimum atomic E-state index is -0.903. The maximum atomic E-state index is 11.6. The fraction of sp³-hybridized carbons (Fsp3) is 0.125. The summed E-state index contributed by atoms with van der Waals surface area (Å²) in [7, 11) is 1.18. The first kappa shape index (κ1) is 13.8.